The molecule has 1 aromatic heterocycles. The van der Waals surface area contributed by atoms with Crippen LogP contribution in [-0.4, -0.2) is 47.7 Å². The number of nitrogens with one attached hydrogen (secondary N) is 1. The number of nitrogens with zero attached hydrogens (tertiary/aromatic N) is 3. The van der Waals surface area contributed by atoms with Crippen molar-refractivity contribution in [2.24, 2.45) is 0 Å². The normalized spacial score (nSPS) is 19.6. The van der Waals surface area contributed by atoms with Gasteiger partial charge in [-0.1, -0.05) is 6.92 Å². The van der Waals surface area contributed by atoms with Crippen molar-refractivity contribution in [2.45, 2.75) is 38.6 Å². The summed E-state index contributed by atoms with van der Waals surface area (Å²) < 4.78 is 5.72. The van der Waals surface area contributed by atoms with Gasteiger partial charge in [0, 0.05) is 24.8 Å². The van der Waals surface area contributed by atoms with E-state index in [9.17, 15) is 0 Å². The molecule has 1 aliphatic heterocycles. The molecule has 0 aromatic carbocycles. The first-order valence-electron chi connectivity index (χ1n) is 7.19. The van der Waals surface area contributed by atoms with Crippen molar-refractivity contribution in [1.82, 2.24) is 14.9 Å². The van der Waals surface area contributed by atoms with E-state index in [2.05, 4.69) is 34.2 Å². The second-order valence-electron chi connectivity index (χ2n) is 5.06. The first kappa shape index (κ1) is 14.1. The average Bonchev–Trinajstić information content (AvgIpc) is 2.83. The number of anilines is 1. The Labute approximate surface area is 115 Å². The molecular weight excluding hydrogens is 240 g/mol. The summed E-state index contributed by atoms with van der Waals surface area (Å²) in [5.74, 6) is 1.31. The van der Waals surface area contributed by atoms with E-state index in [1.54, 1.807) is 6.20 Å². The molecule has 1 saturated heterocycles. The maximum Gasteiger partial charge on any atom is 0.225 e. The van der Waals surface area contributed by atoms with Gasteiger partial charge >= 0.3 is 0 Å². The van der Waals surface area contributed by atoms with Crippen LogP contribution in [0.2, 0.25) is 0 Å². The van der Waals surface area contributed by atoms with E-state index in [1.165, 1.54) is 19.4 Å². The number of ether oxygens (including phenoxy) is 1. The summed E-state index contributed by atoms with van der Waals surface area (Å²) in [6, 6.07) is 2.48. The zero-order chi connectivity index (χ0) is 13.5. The molecule has 1 N–H and O–H groups in total. The first-order valence-corrected chi connectivity index (χ1v) is 7.19. The van der Waals surface area contributed by atoms with Gasteiger partial charge in [0.2, 0.25) is 11.8 Å². The first-order chi connectivity index (χ1) is 9.29. The third-order valence-corrected chi connectivity index (χ3v) is 3.54. The van der Waals surface area contributed by atoms with Crippen molar-refractivity contribution in [1.29, 1.82) is 0 Å². The number of rotatable bonds is 7. The molecule has 0 aliphatic carbocycles. The molecule has 0 bridgehead atoms. The lowest BCUT2D eigenvalue weighted by atomic mass is 10.1. The van der Waals surface area contributed by atoms with Crippen LogP contribution in [0.5, 0.6) is 5.88 Å². The second kappa shape index (κ2) is 7.28. The number of aromatic nitrogens is 2. The Hall–Kier alpha value is -1.36. The molecule has 1 aliphatic rings. The van der Waals surface area contributed by atoms with Gasteiger partial charge < -0.3 is 15.0 Å². The maximum absolute atomic E-state index is 5.72. The van der Waals surface area contributed by atoms with Crippen LogP contribution in [0.1, 0.15) is 32.6 Å². The predicted octanol–water partition coefficient (Wildman–Crippen LogP) is 2.16. The Morgan fingerprint density at radius 1 is 1.53 bits per heavy atom. The average molecular weight is 264 g/mol. The molecule has 0 saturated carbocycles. The van der Waals surface area contributed by atoms with E-state index in [0.29, 0.717) is 17.9 Å². The minimum absolute atomic E-state index is 0.650. The minimum Gasteiger partial charge on any atom is -0.477 e. The Kier molecular flexibility index (Phi) is 5.39. The minimum atomic E-state index is 0.650. The number of hydrogen-bond acceptors (Lipinski definition) is 5. The van der Waals surface area contributed by atoms with E-state index >= 15 is 0 Å². The summed E-state index contributed by atoms with van der Waals surface area (Å²) in [5, 5.41) is 3.16. The SMILES string of the molecule is CCCNc1nccc(OCCC2CCCN2C)n1. The molecule has 0 amide bonds. The van der Waals surface area contributed by atoms with Crippen molar-refractivity contribution in [3.05, 3.63) is 12.3 Å². The van der Waals surface area contributed by atoms with E-state index in [0.717, 1.165) is 26.0 Å². The molecule has 106 valence electrons. The Morgan fingerprint density at radius 3 is 3.16 bits per heavy atom. The highest BCUT2D eigenvalue weighted by Crippen LogP contribution is 2.18. The summed E-state index contributed by atoms with van der Waals surface area (Å²) in [7, 11) is 2.19. The van der Waals surface area contributed by atoms with E-state index in [1.807, 2.05) is 6.07 Å². The van der Waals surface area contributed by atoms with Crippen molar-refractivity contribution in [3.8, 4) is 5.88 Å². The van der Waals surface area contributed by atoms with E-state index in [-0.39, 0.29) is 0 Å². The summed E-state index contributed by atoms with van der Waals surface area (Å²) in [5.41, 5.74) is 0. The molecule has 2 heterocycles. The quantitative estimate of drug-likeness (QED) is 0.818. The summed E-state index contributed by atoms with van der Waals surface area (Å²) >= 11 is 0. The van der Waals surface area contributed by atoms with Crippen LogP contribution in [0, 0.1) is 0 Å². The van der Waals surface area contributed by atoms with Crippen molar-refractivity contribution in [3.63, 3.8) is 0 Å². The fourth-order valence-electron chi connectivity index (χ4n) is 2.39. The topological polar surface area (TPSA) is 50.3 Å². The van der Waals surface area contributed by atoms with Gasteiger partial charge in [-0.25, -0.2) is 4.98 Å². The van der Waals surface area contributed by atoms with Crippen LogP contribution in [-0.2, 0) is 0 Å². The van der Waals surface area contributed by atoms with Gasteiger partial charge in [0.25, 0.3) is 0 Å². The monoisotopic (exact) mass is 264 g/mol. The number of likely N-dealkylation sites (tertiary alicyclic amines) is 1. The third kappa shape index (κ3) is 4.35. The predicted molar refractivity (Wildman–Crippen MR) is 76.6 cm³/mol. The van der Waals surface area contributed by atoms with Crippen LogP contribution in [0.3, 0.4) is 0 Å². The highest BCUT2D eigenvalue weighted by atomic mass is 16.5. The highest BCUT2D eigenvalue weighted by molar-refractivity contribution is 5.27. The molecule has 1 atom stereocenters. The molecule has 1 aromatic rings. The summed E-state index contributed by atoms with van der Waals surface area (Å²) in [6.07, 6.45) is 6.45. The number of hydrogen-bond donors (Lipinski definition) is 1. The maximum atomic E-state index is 5.72. The Balaban J connectivity index is 1.75. The lowest BCUT2D eigenvalue weighted by Crippen LogP contribution is -2.26. The highest BCUT2D eigenvalue weighted by Gasteiger charge is 2.20. The summed E-state index contributed by atoms with van der Waals surface area (Å²) in [4.78, 5) is 10.9. The standard InChI is InChI=1S/C14H24N4O/c1-3-8-15-14-16-9-6-13(17-14)19-11-7-12-5-4-10-18(12)2/h6,9,12H,3-5,7-8,10-11H2,1-2H3,(H,15,16,17). The largest absolute Gasteiger partial charge is 0.477 e. The van der Waals surface area contributed by atoms with Gasteiger partial charge in [0.1, 0.15) is 0 Å². The molecule has 2 rings (SSSR count). The van der Waals surface area contributed by atoms with Crippen LogP contribution < -0.4 is 10.1 Å². The van der Waals surface area contributed by atoms with Crippen LogP contribution >= 0.6 is 0 Å². The van der Waals surface area contributed by atoms with Gasteiger partial charge in [-0.15, -0.1) is 0 Å². The van der Waals surface area contributed by atoms with Crippen LogP contribution in [0.25, 0.3) is 0 Å². The molecule has 19 heavy (non-hydrogen) atoms. The van der Waals surface area contributed by atoms with Gasteiger partial charge in [-0.2, -0.15) is 4.98 Å². The molecule has 5 heteroatoms. The van der Waals surface area contributed by atoms with Crippen LogP contribution in [0.4, 0.5) is 5.95 Å². The molecule has 1 fully saturated rings. The second-order valence-corrected chi connectivity index (χ2v) is 5.06. The van der Waals surface area contributed by atoms with Crippen molar-refractivity contribution >= 4 is 5.95 Å². The summed E-state index contributed by atoms with van der Waals surface area (Å²) in [6.45, 7) is 4.93. The molecular formula is C14H24N4O. The van der Waals surface area contributed by atoms with E-state index < -0.39 is 0 Å². The van der Waals surface area contributed by atoms with Gasteiger partial charge in [0.15, 0.2) is 0 Å². The van der Waals surface area contributed by atoms with Gasteiger partial charge in [0.05, 0.1) is 6.61 Å². The van der Waals surface area contributed by atoms with Crippen molar-refractivity contribution in [2.75, 3.05) is 32.1 Å². The Bertz CT molecular complexity index is 385. The molecule has 0 spiro atoms. The molecule has 0 radical (unpaired) electrons. The Morgan fingerprint density at radius 2 is 2.42 bits per heavy atom. The molecule has 1 unspecified atom stereocenters. The lowest BCUT2D eigenvalue weighted by Gasteiger charge is -2.19. The van der Waals surface area contributed by atoms with Gasteiger partial charge in [-0.3, -0.25) is 0 Å². The fraction of sp³-hybridized carbons (Fsp3) is 0.714. The smallest absolute Gasteiger partial charge is 0.225 e. The van der Waals surface area contributed by atoms with Gasteiger partial charge in [-0.05, 0) is 39.3 Å². The zero-order valence-electron chi connectivity index (χ0n) is 11.9. The van der Waals surface area contributed by atoms with Crippen LogP contribution in [0.15, 0.2) is 12.3 Å². The molecule has 5 nitrogen and oxygen atoms in total. The third-order valence-electron chi connectivity index (χ3n) is 3.54. The zero-order valence-corrected chi connectivity index (χ0v) is 11.9. The van der Waals surface area contributed by atoms with Crippen molar-refractivity contribution < 1.29 is 4.74 Å². The lowest BCUT2D eigenvalue weighted by molar-refractivity contribution is 0.228. The van der Waals surface area contributed by atoms with E-state index in [4.69, 9.17) is 4.74 Å². The fourth-order valence-corrected chi connectivity index (χ4v) is 2.39.